The quantitative estimate of drug-likeness (QED) is 0.372. The van der Waals surface area contributed by atoms with Gasteiger partial charge in [-0.15, -0.1) is 0 Å². The molecular weight excluding hydrogens is 310 g/mol. The van der Waals surface area contributed by atoms with E-state index < -0.39 is 10.9 Å². The Bertz CT molecular complexity index is 856. The number of nitro benzene ring substituents is 1. The fraction of sp³-hybridized carbons (Fsp3) is 0.222. The van der Waals surface area contributed by atoms with Crippen molar-refractivity contribution in [3.63, 3.8) is 0 Å². The molecule has 1 aliphatic carbocycles. The van der Waals surface area contributed by atoms with Crippen LogP contribution in [-0.2, 0) is 6.42 Å². The predicted octanol–water partition coefficient (Wildman–Crippen LogP) is 3.64. The van der Waals surface area contributed by atoms with Crippen molar-refractivity contribution in [2.75, 3.05) is 0 Å². The number of Topliss-reactive ketones (excluding diaryl/α,β-unsaturated/α-hetero) is 1. The van der Waals surface area contributed by atoms with Gasteiger partial charge in [0.25, 0.3) is 5.69 Å². The smallest absolute Gasteiger partial charge is 0.343 e. The standard InChI is InChI=1S/C18H15NO5/c1-11-8-9-16(17-14(11)6-3-7-15(17)20)24-18(21)12-4-2-5-13(10-12)19(22)23/h2,4-5,8-10H,3,6-7H2,1H3. The van der Waals surface area contributed by atoms with Crippen LogP contribution in [0, 0.1) is 17.0 Å². The van der Waals surface area contributed by atoms with Crippen LogP contribution in [0.15, 0.2) is 36.4 Å². The summed E-state index contributed by atoms with van der Waals surface area (Å²) in [5.74, 6) is -0.540. The van der Waals surface area contributed by atoms with Crippen LogP contribution in [0.4, 0.5) is 5.69 Å². The molecule has 3 rings (SSSR count). The number of aryl methyl sites for hydroxylation is 1. The molecule has 0 aromatic heterocycles. The lowest BCUT2D eigenvalue weighted by Crippen LogP contribution is -2.17. The molecule has 0 aliphatic heterocycles. The molecule has 0 saturated carbocycles. The summed E-state index contributed by atoms with van der Waals surface area (Å²) in [6.45, 7) is 1.92. The second-order valence-corrected chi connectivity index (χ2v) is 5.71. The van der Waals surface area contributed by atoms with Gasteiger partial charge in [0.1, 0.15) is 5.75 Å². The minimum absolute atomic E-state index is 0.0400. The van der Waals surface area contributed by atoms with Gasteiger partial charge in [0.15, 0.2) is 5.78 Å². The van der Waals surface area contributed by atoms with Gasteiger partial charge in [-0.25, -0.2) is 4.79 Å². The molecule has 0 atom stereocenters. The molecule has 6 heteroatoms. The highest BCUT2D eigenvalue weighted by molar-refractivity contribution is 6.02. The first kappa shape index (κ1) is 15.9. The zero-order valence-electron chi connectivity index (χ0n) is 13.1. The van der Waals surface area contributed by atoms with E-state index in [4.69, 9.17) is 4.74 Å². The molecule has 0 radical (unpaired) electrons. The molecule has 0 fully saturated rings. The number of esters is 1. The van der Waals surface area contributed by atoms with Crippen LogP contribution in [0.25, 0.3) is 0 Å². The number of hydrogen-bond acceptors (Lipinski definition) is 5. The van der Waals surface area contributed by atoms with Gasteiger partial charge in [-0.05, 0) is 43.0 Å². The number of hydrogen-bond donors (Lipinski definition) is 0. The van der Waals surface area contributed by atoms with Crippen molar-refractivity contribution < 1.29 is 19.2 Å². The molecule has 6 nitrogen and oxygen atoms in total. The number of carbonyl (C=O) groups is 2. The zero-order valence-corrected chi connectivity index (χ0v) is 13.1. The Labute approximate surface area is 138 Å². The number of benzene rings is 2. The van der Waals surface area contributed by atoms with E-state index in [2.05, 4.69) is 0 Å². The van der Waals surface area contributed by atoms with Crippen LogP contribution in [0.5, 0.6) is 5.75 Å². The van der Waals surface area contributed by atoms with Gasteiger partial charge < -0.3 is 4.74 Å². The molecular formula is C18H15NO5. The summed E-state index contributed by atoms with van der Waals surface area (Å²) >= 11 is 0. The Morgan fingerprint density at radius 3 is 2.75 bits per heavy atom. The number of rotatable bonds is 3. The molecule has 0 bridgehead atoms. The highest BCUT2D eigenvalue weighted by Gasteiger charge is 2.25. The largest absolute Gasteiger partial charge is 0.422 e. The number of carbonyl (C=O) groups excluding carboxylic acids is 2. The molecule has 2 aromatic carbocycles. The van der Waals surface area contributed by atoms with E-state index in [1.165, 1.54) is 18.2 Å². The number of nitro groups is 1. The van der Waals surface area contributed by atoms with Crippen LogP contribution in [0.2, 0.25) is 0 Å². The molecule has 24 heavy (non-hydrogen) atoms. The Balaban J connectivity index is 1.94. The third kappa shape index (κ3) is 2.90. The van der Waals surface area contributed by atoms with E-state index in [9.17, 15) is 19.7 Å². The number of non-ortho nitro benzene ring substituents is 1. The normalized spacial score (nSPS) is 13.3. The monoisotopic (exact) mass is 325 g/mol. The fourth-order valence-corrected chi connectivity index (χ4v) is 2.90. The maximum Gasteiger partial charge on any atom is 0.343 e. The van der Waals surface area contributed by atoms with E-state index in [0.717, 1.165) is 30.0 Å². The van der Waals surface area contributed by atoms with Crippen molar-refractivity contribution in [3.05, 3.63) is 68.8 Å². The Hall–Kier alpha value is -3.02. The molecule has 122 valence electrons. The Kier molecular flexibility index (Phi) is 4.12. The van der Waals surface area contributed by atoms with Gasteiger partial charge in [-0.3, -0.25) is 14.9 Å². The number of nitrogens with zero attached hydrogens (tertiary/aromatic N) is 1. The maximum atomic E-state index is 12.3. The summed E-state index contributed by atoms with van der Waals surface area (Å²) in [4.78, 5) is 34.8. The van der Waals surface area contributed by atoms with Crippen molar-refractivity contribution in [2.24, 2.45) is 0 Å². The van der Waals surface area contributed by atoms with Crippen molar-refractivity contribution >= 4 is 17.4 Å². The van der Waals surface area contributed by atoms with Crippen molar-refractivity contribution in [3.8, 4) is 5.75 Å². The van der Waals surface area contributed by atoms with Crippen LogP contribution in [-0.4, -0.2) is 16.7 Å². The third-order valence-electron chi connectivity index (χ3n) is 4.11. The molecule has 0 N–H and O–H groups in total. The van der Waals surface area contributed by atoms with Gasteiger partial charge in [0.2, 0.25) is 0 Å². The molecule has 0 spiro atoms. The lowest BCUT2D eigenvalue weighted by molar-refractivity contribution is -0.384. The summed E-state index contributed by atoms with van der Waals surface area (Å²) in [6.07, 6.45) is 1.99. The second kappa shape index (κ2) is 6.23. The van der Waals surface area contributed by atoms with E-state index >= 15 is 0 Å². The molecule has 1 aliphatic rings. The summed E-state index contributed by atoms with van der Waals surface area (Å²) in [5, 5.41) is 10.8. The summed E-state index contributed by atoms with van der Waals surface area (Å²) in [5.41, 5.74) is 2.25. The van der Waals surface area contributed by atoms with Gasteiger partial charge in [0, 0.05) is 18.6 Å². The summed E-state index contributed by atoms with van der Waals surface area (Å²) < 4.78 is 5.38. The number of ether oxygens (including phenoxy) is 1. The topological polar surface area (TPSA) is 86.5 Å². The lowest BCUT2D eigenvalue weighted by Gasteiger charge is -2.20. The van der Waals surface area contributed by atoms with E-state index in [0.29, 0.717) is 12.0 Å². The van der Waals surface area contributed by atoms with Gasteiger partial charge in [-0.1, -0.05) is 12.1 Å². The summed E-state index contributed by atoms with van der Waals surface area (Å²) in [7, 11) is 0. The highest BCUT2D eigenvalue weighted by atomic mass is 16.6. The first-order chi connectivity index (χ1) is 11.5. The van der Waals surface area contributed by atoms with Gasteiger partial charge in [0.05, 0.1) is 16.1 Å². The number of fused-ring (bicyclic) bond motifs is 1. The molecule has 0 unspecified atom stereocenters. The van der Waals surface area contributed by atoms with E-state index in [-0.39, 0.29) is 22.8 Å². The highest BCUT2D eigenvalue weighted by Crippen LogP contribution is 2.32. The van der Waals surface area contributed by atoms with Crippen LogP contribution in [0.1, 0.15) is 44.7 Å². The van der Waals surface area contributed by atoms with Crippen molar-refractivity contribution in [1.29, 1.82) is 0 Å². The SMILES string of the molecule is Cc1ccc(OC(=O)c2cccc([N+](=O)[O-])c2)c2c1CCCC2=O. The molecule has 2 aromatic rings. The number of ketones is 1. The Morgan fingerprint density at radius 1 is 1.21 bits per heavy atom. The van der Waals surface area contributed by atoms with Gasteiger partial charge in [-0.2, -0.15) is 0 Å². The van der Waals surface area contributed by atoms with E-state index in [1.807, 2.05) is 13.0 Å². The average Bonchev–Trinajstić information content (AvgIpc) is 2.57. The average molecular weight is 325 g/mol. The lowest BCUT2D eigenvalue weighted by atomic mass is 9.87. The first-order valence-electron chi connectivity index (χ1n) is 7.59. The molecule has 0 amide bonds. The maximum absolute atomic E-state index is 12.3. The predicted molar refractivity (Wildman–Crippen MR) is 86.5 cm³/mol. The fourth-order valence-electron chi connectivity index (χ4n) is 2.90. The Morgan fingerprint density at radius 2 is 2.00 bits per heavy atom. The van der Waals surface area contributed by atoms with Gasteiger partial charge >= 0.3 is 5.97 Å². The third-order valence-corrected chi connectivity index (χ3v) is 4.11. The minimum Gasteiger partial charge on any atom is -0.422 e. The second-order valence-electron chi connectivity index (χ2n) is 5.71. The zero-order chi connectivity index (χ0) is 17.3. The van der Waals surface area contributed by atoms with E-state index in [1.54, 1.807) is 6.07 Å². The molecule has 0 heterocycles. The molecule has 0 saturated heterocycles. The summed E-state index contributed by atoms with van der Waals surface area (Å²) in [6, 6.07) is 8.74. The van der Waals surface area contributed by atoms with Crippen molar-refractivity contribution in [1.82, 2.24) is 0 Å². The van der Waals surface area contributed by atoms with Crippen LogP contribution < -0.4 is 4.74 Å². The minimum atomic E-state index is -0.719. The van der Waals surface area contributed by atoms with Crippen LogP contribution in [0.3, 0.4) is 0 Å². The first-order valence-corrected chi connectivity index (χ1v) is 7.59. The van der Waals surface area contributed by atoms with Crippen molar-refractivity contribution in [2.45, 2.75) is 26.2 Å². The van der Waals surface area contributed by atoms with Crippen LogP contribution >= 0.6 is 0 Å².